The summed E-state index contributed by atoms with van der Waals surface area (Å²) in [7, 11) is 0. The van der Waals surface area contributed by atoms with Crippen LogP contribution in [0.2, 0.25) is 0 Å². The number of amides is 1. The minimum atomic E-state index is 0.187. The number of benzene rings is 1. The van der Waals surface area contributed by atoms with Gasteiger partial charge in [0, 0.05) is 37.8 Å². The van der Waals surface area contributed by atoms with Crippen molar-refractivity contribution in [3.8, 4) is 0 Å². The van der Waals surface area contributed by atoms with Crippen molar-refractivity contribution in [2.45, 2.75) is 38.6 Å². The van der Waals surface area contributed by atoms with Crippen molar-refractivity contribution >= 4 is 5.91 Å². The molecule has 1 saturated carbocycles. The molecule has 0 N–H and O–H groups in total. The average molecular weight is 286 g/mol. The number of rotatable bonds is 2. The Kier molecular flexibility index (Phi) is 4.59. The predicted molar refractivity (Wildman–Crippen MR) is 85.3 cm³/mol. The van der Waals surface area contributed by atoms with Crippen LogP contribution in [0.15, 0.2) is 30.3 Å². The van der Waals surface area contributed by atoms with Gasteiger partial charge < -0.3 is 4.90 Å². The maximum Gasteiger partial charge on any atom is 0.253 e. The van der Waals surface area contributed by atoms with Crippen LogP contribution in [-0.2, 0) is 0 Å². The summed E-state index contributed by atoms with van der Waals surface area (Å²) in [5, 5.41) is 0. The molecule has 0 radical (unpaired) electrons. The lowest BCUT2D eigenvalue weighted by Crippen LogP contribution is -2.52. The van der Waals surface area contributed by atoms with Gasteiger partial charge in [-0.05, 0) is 30.9 Å². The second-order valence-electron chi connectivity index (χ2n) is 6.62. The molecule has 1 heterocycles. The van der Waals surface area contributed by atoms with Gasteiger partial charge in [0.15, 0.2) is 0 Å². The van der Waals surface area contributed by atoms with Gasteiger partial charge in [-0.1, -0.05) is 38.0 Å². The van der Waals surface area contributed by atoms with Crippen LogP contribution in [-0.4, -0.2) is 47.9 Å². The molecule has 1 aliphatic heterocycles. The fourth-order valence-corrected chi connectivity index (χ4v) is 3.79. The van der Waals surface area contributed by atoms with E-state index in [0.29, 0.717) is 0 Å². The largest absolute Gasteiger partial charge is 0.336 e. The summed E-state index contributed by atoms with van der Waals surface area (Å²) in [4.78, 5) is 17.1. The summed E-state index contributed by atoms with van der Waals surface area (Å²) >= 11 is 0. The first kappa shape index (κ1) is 14.6. The molecule has 3 rings (SSSR count). The number of carbonyl (C=O) groups is 1. The molecular weight excluding hydrogens is 260 g/mol. The molecule has 21 heavy (non-hydrogen) atoms. The van der Waals surface area contributed by atoms with Crippen molar-refractivity contribution < 1.29 is 4.79 Å². The first-order valence-electron chi connectivity index (χ1n) is 8.32. The van der Waals surface area contributed by atoms with Gasteiger partial charge in [-0.3, -0.25) is 9.69 Å². The normalized spacial score (nSPS) is 27.6. The van der Waals surface area contributed by atoms with Crippen LogP contribution in [0.4, 0.5) is 0 Å². The van der Waals surface area contributed by atoms with Gasteiger partial charge >= 0.3 is 0 Å². The van der Waals surface area contributed by atoms with E-state index in [1.807, 2.05) is 35.2 Å². The molecule has 0 aromatic heterocycles. The van der Waals surface area contributed by atoms with Crippen molar-refractivity contribution in [1.82, 2.24) is 9.80 Å². The number of piperazine rings is 1. The lowest BCUT2D eigenvalue weighted by molar-refractivity contribution is 0.0489. The Morgan fingerprint density at radius 1 is 1.05 bits per heavy atom. The van der Waals surface area contributed by atoms with Gasteiger partial charge in [0.1, 0.15) is 0 Å². The molecule has 0 bridgehead atoms. The molecular formula is C18H26N2O. The van der Waals surface area contributed by atoms with Crippen molar-refractivity contribution in [1.29, 1.82) is 0 Å². The predicted octanol–water partition coefficient (Wildman–Crippen LogP) is 3.02. The third kappa shape index (κ3) is 3.46. The molecule has 2 atom stereocenters. The highest BCUT2D eigenvalue weighted by Crippen LogP contribution is 2.28. The Hall–Kier alpha value is -1.35. The molecule has 2 aliphatic rings. The maximum absolute atomic E-state index is 12.4. The monoisotopic (exact) mass is 286 g/mol. The topological polar surface area (TPSA) is 23.6 Å². The highest BCUT2D eigenvalue weighted by molar-refractivity contribution is 5.94. The molecule has 0 unspecified atom stereocenters. The van der Waals surface area contributed by atoms with Crippen LogP contribution in [0.5, 0.6) is 0 Å². The first-order chi connectivity index (χ1) is 10.2. The number of hydrogen-bond acceptors (Lipinski definition) is 2. The van der Waals surface area contributed by atoms with E-state index in [-0.39, 0.29) is 5.91 Å². The van der Waals surface area contributed by atoms with Gasteiger partial charge in [0.2, 0.25) is 0 Å². The fraction of sp³-hybridized carbons (Fsp3) is 0.611. The van der Waals surface area contributed by atoms with E-state index >= 15 is 0 Å². The SMILES string of the molecule is C[C@H]1CCC[C@@H](N2CCN(C(=O)c3ccccc3)CC2)C1. The summed E-state index contributed by atoms with van der Waals surface area (Å²) in [6.45, 7) is 6.20. The van der Waals surface area contributed by atoms with Crippen LogP contribution in [0, 0.1) is 5.92 Å². The quantitative estimate of drug-likeness (QED) is 0.834. The van der Waals surface area contributed by atoms with Crippen LogP contribution in [0.1, 0.15) is 43.0 Å². The standard InChI is InChI=1S/C18H26N2O/c1-15-6-5-9-17(14-15)19-10-12-20(13-11-19)18(21)16-7-3-2-4-8-16/h2-4,7-8,15,17H,5-6,9-14H2,1H3/t15-,17+/m0/s1. The fourth-order valence-electron chi connectivity index (χ4n) is 3.79. The molecule has 3 heteroatoms. The third-order valence-corrected chi connectivity index (χ3v) is 5.05. The molecule has 3 nitrogen and oxygen atoms in total. The number of nitrogens with zero attached hydrogens (tertiary/aromatic N) is 2. The summed E-state index contributed by atoms with van der Waals surface area (Å²) in [5.74, 6) is 1.06. The second-order valence-corrected chi connectivity index (χ2v) is 6.62. The van der Waals surface area contributed by atoms with Gasteiger partial charge in [-0.2, -0.15) is 0 Å². The summed E-state index contributed by atoms with van der Waals surface area (Å²) < 4.78 is 0. The molecule has 1 saturated heterocycles. The summed E-state index contributed by atoms with van der Waals surface area (Å²) in [6, 6.07) is 10.4. The van der Waals surface area contributed by atoms with E-state index in [0.717, 1.165) is 43.7 Å². The molecule has 1 aliphatic carbocycles. The van der Waals surface area contributed by atoms with E-state index in [1.165, 1.54) is 25.7 Å². The van der Waals surface area contributed by atoms with Gasteiger partial charge in [-0.15, -0.1) is 0 Å². The number of carbonyl (C=O) groups excluding carboxylic acids is 1. The Balaban J connectivity index is 1.54. The molecule has 1 amide bonds. The average Bonchev–Trinajstić information content (AvgIpc) is 2.55. The molecule has 1 aromatic carbocycles. The molecule has 0 spiro atoms. The van der Waals surface area contributed by atoms with Gasteiger partial charge in [0.05, 0.1) is 0 Å². The Labute approximate surface area is 127 Å². The van der Waals surface area contributed by atoms with Crippen LogP contribution < -0.4 is 0 Å². The molecule has 2 fully saturated rings. The Morgan fingerprint density at radius 3 is 2.43 bits per heavy atom. The van der Waals surface area contributed by atoms with E-state index in [9.17, 15) is 4.79 Å². The molecule has 1 aromatic rings. The zero-order valence-corrected chi connectivity index (χ0v) is 13.0. The smallest absolute Gasteiger partial charge is 0.253 e. The minimum absolute atomic E-state index is 0.187. The zero-order chi connectivity index (χ0) is 14.7. The van der Waals surface area contributed by atoms with Gasteiger partial charge in [-0.25, -0.2) is 0 Å². The Morgan fingerprint density at radius 2 is 1.76 bits per heavy atom. The Bertz CT molecular complexity index is 465. The van der Waals surface area contributed by atoms with Crippen molar-refractivity contribution in [3.63, 3.8) is 0 Å². The number of hydrogen-bond donors (Lipinski definition) is 0. The highest BCUT2D eigenvalue weighted by atomic mass is 16.2. The van der Waals surface area contributed by atoms with Gasteiger partial charge in [0.25, 0.3) is 5.91 Å². The van der Waals surface area contributed by atoms with E-state index in [2.05, 4.69) is 11.8 Å². The summed E-state index contributed by atoms with van der Waals surface area (Å²) in [6.07, 6.45) is 5.45. The van der Waals surface area contributed by atoms with E-state index < -0.39 is 0 Å². The van der Waals surface area contributed by atoms with Crippen molar-refractivity contribution in [3.05, 3.63) is 35.9 Å². The minimum Gasteiger partial charge on any atom is -0.336 e. The van der Waals surface area contributed by atoms with Crippen LogP contribution in [0.25, 0.3) is 0 Å². The van der Waals surface area contributed by atoms with Crippen molar-refractivity contribution in [2.75, 3.05) is 26.2 Å². The lowest BCUT2D eigenvalue weighted by Gasteiger charge is -2.42. The van der Waals surface area contributed by atoms with E-state index in [4.69, 9.17) is 0 Å². The van der Waals surface area contributed by atoms with Crippen LogP contribution >= 0.6 is 0 Å². The van der Waals surface area contributed by atoms with E-state index in [1.54, 1.807) is 0 Å². The second kappa shape index (κ2) is 6.61. The summed E-state index contributed by atoms with van der Waals surface area (Å²) in [5.41, 5.74) is 0.817. The lowest BCUT2D eigenvalue weighted by atomic mass is 9.86. The molecule has 114 valence electrons. The third-order valence-electron chi connectivity index (χ3n) is 5.05. The maximum atomic E-state index is 12.4. The highest BCUT2D eigenvalue weighted by Gasteiger charge is 2.29. The first-order valence-corrected chi connectivity index (χ1v) is 8.32. The van der Waals surface area contributed by atoms with Crippen LogP contribution in [0.3, 0.4) is 0 Å². The van der Waals surface area contributed by atoms with Crippen molar-refractivity contribution in [2.24, 2.45) is 5.92 Å². The zero-order valence-electron chi connectivity index (χ0n) is 13.0.